The van der Waals surface area contributed by atoms with Crippen LogP contribution in [0.5, 0.6) is 0 Å². The topological polar surface area (TPSA) is 57.5 Å². The minimum Gasteiger partial charge on any atom is -0.357 e. The standard InChI is InChI=1S/C24H38N6/c1-3-25-24(27-14-9-18-29-17-8-7-10-21(29)2)28-15-13-23-26-16-19-30(23)20-22-11-5-4-6-12-22/h4-6,11-12,16,19,21H,3,7-10,13-15,17-18,20H2,1-2H3,(H2,25,27,28). The van der Waals surface area contributed by atoms with E-state index in [0.717, 1.165) is 63.4 Å². The van der Waals surface area contributed by atoms with Crippen LogP contribution >= 0.6 is 0 Å². The fourth-order valence-electron chi connectivity index (χ4n) is 4.08. The molecule has 0 spiro atoms. The molecule has 1 saturated heterocycles. The number of benzene rings is 1. The SMILES string of the molecule is CCNC(=NCCCN1CCCCC1C)NCCc1nccn1Cc1ccccc1. The zero-order valence-corrected chi connectivity index (χ0v) is 18.7. The first-order valence-corrected chi connectivity index (χ1v) is 11.6. The zero-order chi connectivity index (χ0) is 21.0. The highest BCUT2D eigenvalue weighted by Gasteiger charge is 2.17. The van der Waals surface area contributed by atoms with Crippen molar-refractivity contribution in [2.24, 2.45) is 4.99 Å². The average Bonchev–Trinajstić information content (AvgIpc) is 3.20. The molecule has 1 unspecified atom stereocenters. The van der Waals surface area contributed by atoms with Crippen molar-refractivity contribution >= 4 is 5.96 Å². The van der Waals surface area contributed by atoms with Crippen molar-refractivity contribution in [3.63, 3.8) is 0 Å². The van der Waals surface area contributed by atoms with Crippen molar-refractivity contribution in [1.82, 2.24) is 25.1 Å². The second-order valence-corrected chi connectivity index (χ2v) is 8.13. The number of imidazole rings is 1. The van der Waals surface area contributed by atoms with E-state index in [1.807, 2.05) is 6.20 Å². The number of aromatic nitrogens is 2. The Balaban J connectivity index is 1.42. The van der Waals surface area contributed by atoms with Crippen LogP contribution in [0.15, 0.2) is 47.7 Å². The second-order valence-electron chi connectivity index (χ2n) is 8.13. The van der Waals surface area contributed by atoms with Crippen LogP contribution in [0, 0.1) is 0 Å². The summed E-state index contributed by atoms with van der Waals surface area (Å²) in [6, 6.07) is 11.3. The fourth-order valence-corrected chi connectivity index (χ4v) is 4.08. The molecule has 1 aromatic carbocycles. The summed E-state index contributed by atoms with van der Waals surface area (Å²) in [5, 5.41) is 6.83. The smallest absolute Gasteiger partial charge is 0.191 e. The Kier molecular flexibility index (Phi) is 9.22. The first-order valence-electron chi connectivity index (χ1n) is 11.6. The largest absolute Gasteiger partial charge is 0.357 e. The monoisotopic (exact) mass is 410 g/mol. The predicted octanol–water partition coefficient (Wildman–Crippen LogP) is 3.29. The maximum atomic E-state index is 4.77. The van der Waals surface area contributed by atoms with E-state index in [9.17, 15) is 0 Å². The summed E-state index contributed by atoms with van der Waals surface area (Å²) >= 11 is 0. The van der Waals surface area contributed by atoms with Crippen molar-refractivity contribution in [1.29, 1.82) is 0 Å². The van der Waals surface area contributed by atoms with Crippen LogP contribution in [0.4, 0.5) is 0 Å². The third kappa shape index (κ3) is 7.17. The van der Waals surface area contributed by atoms with Gasteiger partial charge in [-0.15, -0.1) is 0 Å². The first kappa shape index (κ1) is 22.3. The number of nitrogens with zero attached hydrogens (tertiary/aromatic N) is 4. The lowest BCUT2D eigenvalue weighted by atomic mass is 10.0. The fraction of sp³-hybridized carbons (Fsp3) is 0.583. The van der Waals surface area contributed by atoms with Crippen molar-refractivity contribution in [3.05, 3.63) is 54.1 Å². The average molecular weight is 411 g/mol. The molecule has 0 aliphatic carbocycles. The minimum atomic E-state index is 0.730. The van der Waals surface area contributed by atoms with Crippen LogP contribution in [-0.4, -0.2) is 59.2 Å². The van der Waals surface area contributed by atoms with E-state index in [-0.39, 0.29) is 0 Å². The van der Waals surface area contributed by atoms with Crippen LogP contribution in [0.2, 0.25) is 0 Å². The van der Waals surface area contributed by atoms with E-state index in [2.05, 4.69) is 75.5 Å². The van der Waals surface area contributed by atoms with E-state index in [1.54, 1.807) is 0 Å². The molecule has 1 aromatic heterocycles. The Hall–Kier alpha value is -2.34. The number of nitrogens with one attached hydrogen (secondary N) is 2. The summed E-state index contributed by atoms with van der Waals surface area (Å²) < 4.78 is 2.22. The van der Waals surface area contributed by atoms with Gasteiger partial charge in [0.2, 0.25) is 0 Å². The summed E-state index contributed by atoms with van der Waals surface area (Å²) in [4.78, 5) is 11.9. The van der Waals surface area contributed by atoms with Gasteiger partial charge in [0.05, 0.1) is 0 Å². The Morgan fingerprint density at radius 1 is 1.20 bits per heavy atom. The van der Waals surface area contributed by atoms with E-state index >= 15 is 0 Å². The van der Waals surface area contributed by atoms with Crippen LogP contribution < -0.4 is 10.6 Å². The maximum Gasteiger partial charge on any atom is 0.191 e. The molecule has 2 N–H and O–H groups in total. The Labute approximate surface area is 181 Å². The molecule has 6 nitrogen and oxygen atoms in total. The molecule has 0 amide bonds. The highest BCUT2D eigenvalue weighted by Crippen LogP contribution is 2.16. The lowest BCUT2D eigenvalue weighted by Crippen LogP contribution is -2.39. The quantitative estimate of drug-likeness (QED) is 0.358. The third-order valence-electron chi connectivity index (χ3n) is 5.80. The van der Waals surface area contributed by atoms with Gasteiger partial charge in [0.25, 0.3) is 0 Å². The van der Waals surface area contributed by atoms with E-state index in [1.165, 1.54) is 31.4 Å². The highest BCUT2D eigenvalue weighted by atomic mass is 15.2. The lowest BCUT2D eigenvalue weighted by molar-refractivity contribution is 0.160. The number of hydrogen-bond donors (Lipinski definition) is 2. The minimum absolute atomic E-state index is 0.730. The summed E-state index contributed by atoms with van der Waals surface area (Å²) in [6.45, 7) is 10.3. The molecule has 6 heteroatoms. The molecular formula is C24H38N6. The summed E-state index contributed by atoms with van der Waals surface area (Å²) in [5.74, 6) is 2.01. The van der Waals surface area contributed by atoms with Crippen LogP contribution in [0.3, 0.4) is 0 Å². The van der Waals surface area contributed by atoms with Crippen LogP contribution in [-0.2, 0) is 13.0 Å². The summed E-state index contributed by atoms with van der Waals surface area (Å²) in [5.41, 5.74) is 1.29. The molecule has 1 aliphatic rings. The number of hydrogen-bond acceptors (Lipinski definition) is 3. The van der Waals surface area contributed by atoms with Crippen molar-refractivity contribution in [2.75, 3.05) is 32.7 Å². The maximum absolute atomic E-state index is 4.77. The lowest BCUT2D eigenvalue weighted by Gasteiger charge is -2.33. The van der Waals surface area contributed by atoms with Gasteiger partial charge in [-0.1, -0.05) is 36.8 Å². The molecule has 1 fully saturated rings. The molecule has 2 aromatic rings. The summed E-state index contributed by atoms with van der Waals surface area (Å²) in [7, 11) is 0. The predicted molar refractivity (Wildman–Crippen MR) is 125 cm³/mol. The normalized spacial score (nSPS) is 17.8. The van der Waals surface area contributed by atoms with E-state index in [4.69, 9.17) is 4.99 Å². The number of aliphatic imine (C=N–C) groups is 1. The zero-order valence-electron chi connectivity index (χ0n) is 18.7. The first-order chi connectivity index (χ1) is 14.8. The summed E-state index contributed by atoms with van der Waals surface area (Å²) in [6.07, 6.45) is 10.00. The number of rotatable bonds is 10. The van der Waals surface area contributed by atoms with Gasteiger partial charge < -0.3 is 20.1 Å². The molecule has 30 heavy (non-hydrogen) atoms. The molecule has 0 saturated carbocycles. The molecule has 3 rings (SSSR count). The van der Waals surface area contributed by atoms with Gasteiger partial charge in [0.15, 0.2) is 5.96 Å². The molecular weight excluding hydrogens is 372 g/mol. The Morgan fingerprint density at radius 3 is 2.87 bits per heavy atom. The second kappa shape index (κ2) is 12.4. The molecule has 0 radical (unpaired) electrons. The Bertz CT molecular complexity index is 754. The van der Waals surface area contributed by atoms with Gasteiger partial charge in [0.1, 0.15) is 5.82 Å². The van der Waals surface area contributed by atoms with Crippen molar-refractivity contribution in [2.45, 2.75) is 58.5 Å². The van der Waals surface area contributed by atoms with Gasteiger partial charge in [-0.3, -0.25) is 4.99 Å². The number of likely N-dealkylation sites (tertiary alicyclic amines) is 1. The van der Waals surface area contributed by atoms with Crippen LogP contribution in [0.1, 0.15) is 50.9 Å². The van der Waals surface area contributed by atoms with Gasteiger partial charge in [0, 0.05) is 57.6 Å². The number of guanidine groups is 1. The molecule has 0 bridgehead atoms. The van der Waals surface area contributed by atoms with E-state index < -0.39 is 0 Å². The van der Waals surface area contributed by atoms with E-state index in [0.29, 0.717) is 0 Å². The van der Waals surface area contributed by atoms with Gasteiger partial charge in [-0.05, 0) is 45.2 Å². The Morgan fingerprint density at radius 2 is 2.07 bits per heavy atom. The number of piperidine rings is 1. The van der Waals surface area contributed by atoms with Crippen LogP contribution in [0.25, 0.3) is 0 Å². The van der Waals surface area contributed by atoms with Crippen molar-refractivity contribution < 1.29 is 0 Å². The molecule has 164 valence electrons. The molecule has 1 atom stereocenters. The van der Waals surface area contributed by atoms with Gasteiger partial charge >= 0.3 is 0 Å². The third-order valence-corrected chi connectivity index (χ3v) is 5.80. The van der Waals surface area contributed by atoms with Gasteiger partial charge in [-0.2, -0.15) is 0 Å². The van der Waals surface area contributed by atoms with Gasteiger partial charge in [-0.25, -0.2) is 4.98 Å². The molecule has 2 heterocycles. The van der Waals surface area contributed by atoms with Crippen molar-refractivity contribution in [3.8, 4) is 0 Å². The molecule has 1 aliphatic heterocycles. The highest BCUT2D eigenvalue weighted by molar-refractivity contribution is 5.79.